The van der Waals surface area contributed by atoms with Gasteiger partial charge in [0, 0.05) is 34.2 Å². The van der Waals surface area contributed by atoms with Crippen molar-refractivity contribution in [3.8, 4) is 28.4 Å². The Kier molecular flexibility index (Phi) is 5.94. The SMILES string of the molecule is Cc1nc(-c2nccc(-c3cnn(Cc4ccc(Cl)cc4)c3)c2OC(=O)C(F)(F)F)[nH]c1C. The Morgan fingerprint density at radius 2 is 1.91 bits per heavy atom. The predicted molar refractivity (Wildman–Crippen MR) is 115 cm³/mol. The highest BCUT2D eigenvalue weighted by molar-refractivity contribution is 6.30. The van der Waals surface area contributed by atoms with Gasteiger partial charge in [-0.25, -0.2) is 14.8 Å². The number of benzene rings is 1. The molecule has 0 atom stereocenters. The molecule has 33 heavy (non-hydrogen) atoms. The number of imidazole rings is 1. The Hall–Kier alpha value is -3.66. The van der Waals surface area contributed by atoms with E-state index in [4.69, 9.17) is 16.3 Å². The molecule has 0 amide bonds. The molecule has 3 heterocycles. The highest BCUT2D eigenvalue weighted by atomic mass is 35.5. The molecule has 3 aromatic heterocycles. The van der Waals surface area contributed by atoms with Crippen molar-refractivity contribution in [3.05, 3.63) is 70.9 Å². The maximum absolute atomic E-state index is 13.0. The molecule has 0 aliphatic rings. The lowest BCUT2D eigenvalue weighted by Gasteiger charge is -2.13. The second-order valence-electron chi connectivity index (χ2n) is 7.27. The van der Waals surface area contributed by atoms with E-state index in [-0.39, 0.29) is 22.8 Å². The topological polar surface area (TPSA) is 85.7 Å². The Morgan fingerprint density at radius 3 is 2.55 bits per heavy atom. The molecule has 170 valence electrons. The van der Waals surface area contributed by atoms with Crippen molar-refractivity contribution >= 4 is 17.6 Å². The lowest BCUT2D eigenvalue weighted by Crippen LogP contribution is -2.28. The minimum absolute atomic E-state index is 0.0215. The molecule has 0 bridgehead atoms. The first-order valence-corrected chi connectivity index (χ1v) is 10.1. The van der Waals surface area contributed by atoms with Gasteiger partial charge in [0.25, 0.3) is 0 Å². The summed E-state index contributed by atoms with van der Waals surface area (Å²) in [6.45, 7) is 3.91. The standard InChI is InChI=1S/C22H17ClF3N5O2/c1-12-13(2)30-20(29-12)18-19(33-21(32)22(24,25)26)17(7-8-27-18)15-9-28-31(11-15)10-14-3-5-16(23)6-4-14/h3-9,11H,10H2,1-2H3,(H,29,30). The molecule has 0 fully saturated rings. The maximum atomic E-state index is 13.0. The molecule has 0 aliphatic carbocycles. The Morgan fingerprint density at radius 1 is 1.18 bits per heavy atom. The van der Waals surface area contributed by atoms with E-state index in [0.717, 1.165) is 5.56 Å². The van der Waals surface area contributed by atoms with Crippen LogP contribution in [0.15, 0.2) is 48.9 Å². The molecule has 11 heteroatoms. The van der Waals surface area contributed by atoms with Gasteiger partial charge in [0.1, 0.15) is 5.69 Å². The van der Waals surface area contributed by atoms with Gasteiger partial charge in [-0.05, 0) is 37.6 Å². The number of carbonyl (C=O) groups excluding carboxylic acids is 1. The van der Waals surface area contributed by atoms with Crippen LogP contribution >= 0.6 is 11.6 Å². The highest BCUT2D eigenvalue weighted by Gasteiger charge is 2.42. The summed E-state index contributed by atoms with van der Waals surface area (Å²) in [6.07, 6.45) is -0.673. The minimum Gasteiger partial charge on any atom is -0.417 e. The number of ether oxygens (including phenoxy) is 1. The second-order valence-corrected chi connectivity index (χ2v) is 7.71. The van der Waals surface area contributed by atoms with E-state index in [2.05, 4.69) is 20.1 Å². The fraction of sp³-hybridized carbons (Fsp3) is 0.182. The first kappa shape index (κ1) is 22.5. The van der Waals surface area contributed by atoms with Crippen LogP contribution in [0.2, 0.25) is 5.02 Å². The number of halogens is 4. The largest absolute Gasteiger partial charge is 0.491 e. The van der Waals surface area contributed by atoms with Crippen LogP contribution in [0, 0.1) is 13.8 Å². The summed E-state index contributed by atoms with van der Waals surface area (Å²) in [7, 11) is 0. The van der Waals surface area contributed by atoms with Crippen LogP contribution in [0.25, 0.3) is 22.6 Å². The first-order chi connectivity index (χ1) is 15.6. The van der Waals surface area contributed by atoms with Crippen LogP contribution in [0.5, 0.6) is 5.75 Å². The number of hydrogen-bond donors (Lipinski definition) is 1. The van der Waals surface area contributed by atoms with Crippen LogP contribution in [0.3, 0.4) is 0 Å². The number of aryl methyl sites for hydroxylation is 2. The lowest BCUT2D eigenvalue weighted by atomic mass is 10.1. The van der Waals surface area contributed by atoms with Crippen molar-refractivity contribution in [1.82, 2.24) is 24.7 Å². The average molecular weight is 476 g/mol. The number of aromatic nitrogens is 5. The molecule has 1 aromatic carbocycles. The number of H-pyrrole nitrogens is 1. The quantitative estimate of drug-likeness (QED) is 0.405. The van der Waals surface area contributed by atoms with Crippen LogP contribution in [0.4, 0.5) is 13.2 Å². The van der Waals surface area contributed by atoms with E-state index in [1.54, 1.807) is 36.9 Å². The third-order valence-corrected chi connectivity index (χ3v) is 5.14. The number of hydrogen-bond acceptors (Lipinski definition) is 5. The van der Waals surface area contributed by atoms with Crippen molar-refractivity contribution in [2.45, 2.75) is 26.6 Å². The molecular formula is C22H17ClF3N5O2. The number of esters is 1. The fourth-order valence-electron chi connectivity index (χ4n) is 3.12. The van der Waals surface area contributed by atoms with Gasteiger partial charge in [0.15, 0.2) is 11.6 Å². The molecule has 0 aliphatic heterocycles. The van der Waals surface area contributed by atoms with Gasteiger partial charge >= 0.3 is 12.1 Å². The van der Waals surface area contributed by atoms with Crippen LogP contribution in [-0.4, -0.2) is 36.9 Å². The Bertz CT molecular complexity index is 1290. The van der Waals surface area contributed by atoms with E-state index < -0.39 is 12.1 Å². The number of carbonyl (C=O) groups is 1. The Balaban J connectivity index is 1.76. The van der Waals surface area contributed by atoms with Gasteiger partial charge in [-0.3, -0.25) is 4.68 Å². The second kappa shape index (κ2) is 8.70. The van der Waals surface area contributed by atoms with Crippen molar-refractivity contribution in [3.63, 3.8) is 0 Å². The van der Waals surface area contributed by atoms with E-state index >= 15 is 0 Å². The summed E-state index contributed by atoms with van der Waals surface area (Å²) in [6, 6.07) is 8.63. The number of pyridine rings is 1. The molecular weight excluding hydrogens is 459 g/mol. The summed E-state index contributed by atoms with van der Waals surface area (Å²) < 4.78 is 45.4. The summed E-state index contributed by atoms with van der Waals surface area (Å²) in [4.78, 5) is 23.1. The molecule has 0 unspecified atom stereocenters. The van der Waals surface area contributed by atoms with E-state index in [9.17, 15) is 18.0 Å². The average Bonchev–Trinajstić information content (AvgIpc) is 3.35. The van der Waals surface area contributed by atoms with Crippen molar-refractivity contribution in [2.75, 3.05) is 0 Å². The highest BCUT2D eigenvalue weighted by Crippen LogP contribution is 2.38. The van der Waals surface area contributed by atoms with Crippen molar-refractivity contribution in [2.24, 2.45) is 0 Å². The van der Waals surface area contributed by atoms with Gasteiger partial charge in [0.2, 0.25) is 0 Å². The Labute approximate surface area is 191 Å². The molecule has 4 aromatic rings. The first-order valence-electron chi connectivity index (χ1n) is 9.70. The summed E-state index contributed by atoms with van der Waals surface area (Å²) in [5.74, 6) is -2.53. The molecule has 0 saturated carbocycles. The molecule has 0 spiro atoms. The third-order valence-electron chi connectivity index (χ3n) is 4.89. The molecule has 4 rings (SSSR count). The van der Waals surface area contributed by atoms with Crippen LogP contribution in [-0.2, 0) is 11.3 Å². The minimum atomic E-state index is -5.18. The monoisotopic (exact) mass is 475 g/mol. The van der Waals surface area contributed by atoms with Gasteiger partial charge in [0.05, 0.1) is 18.4 Å². The summed E-state index contributed by atoms with van der Waals surface area (Å²) in [5, 5.41) is 4.88. The van der Waals surface area contributed by atoms with Gasteiger partial charge in [-0.2, -0.15) is 18.3 Å². The van der Waals surface area contributed by atoms with Crippen LogP contribution < -0.4 is 4.74 Å². The van der Waals surface area contributed by atoms with Gasteiger partial charge in [-0.1, -0.05) is 23.7 Å². The zero-order valence-corrected chi connectivity index (χ0v) is 18.2. The normalized spacial score (nSPS) is 11.6. The lowest BCUT2D eigenvalue weighted by molar-refractivity contribution is -0.189. The molecule has 0 saturated heterocycles. The number of aromatic amines is 1. The van der Waals surface area contributed by atoms with E-state index in [1.165, 1.54) is 18.5 Å². The fourth-order valence-corrected chi connectivity index (χ4v) is 3.25. The number of nitrogens with zero attached hydrogens (tertiary/aromatic N) is 4. The van der Waals surface area contributed by atoms with Crippen molar-refractivity contribution < 1.29 is 22.7 Å². The predicted octanol–water partition coefficient (Wildman–Crippen LogP) is 5.12. The summed E-state index contributed by atoms with van der Waals surface area (Å²) in [5.41, 5.74) is 2.91. The maximum Gasteiger partial charge on any atom is 0.491 e. The molecule has 0 radical (unpaired) electrons. The smallest absolute Gasteiger partial charge is 0.417 e. The molecule has 1 N–H and O–H groups in total. The van der Waals surface area contributed by atoms with E-state index in [1.807, 2.05) is 12.1 Å². The molecule has 7 nitrogen and oxygen atoms in total. The zero-order chi connectivity index (χ0) is 23.8. The number of rotatable bonds is 5. The van der Waals surface area contributed by atoms with Gasteiger partial charge < -0.3 is 9.72 Å². The summed E-state index contributed by atoms with van der Waals surface area (Å²) >= 11 is 5.91. The number of nitrogens with one attached hydrogen (secondary N) is 1. The number of alkyl halides is 3. The van der Waals surface area contributed by atoms with E-state index in [0.29, 0.717) is 28.5 Å². The van der Waals surface area contributed by atoms with Crippen molar-refractivity contribution in [1.29, 1.82) is 0 Å². The third kappa shape index (κ3) is 4.90. The van der Waals surface area contributed by atoms with Crippen LogP contribution in [0.1, 0.15) is 17.0 Å². The zero-order valence-electron chi connectivity index (χ0n) is 17.4. The van der Waals surface area contributed by atoms with Gasteiger partial charge in [-0.15, -0.1) is 0 Å².